The van der Waals surface area contributed by atoms with Crippen molar-refractivity contribution in [2.45, 2.75) is 32.9 Å². The minimum atomic E-state index is -0.537. The average molecular weight is 342 g/mol. The topological polar surface area (TPSA) is 70.7 Å². The molecule has 0 atom stereocenters. The second-order valence-electron chi connectivity index (χ2n) is 6.10. The van der Waals surface area contributed by atoms with Gasteiger partial charge in [-0.05, 0) is 32.4 Å². The van der Waals surface area contributed by atoms with Crippen molar-refractivity contribution >= 4 is 23.7 Å². The van der Waals surface area contributed by atoms with E-state index >= 15 is 0 Å². The molecule has 128 valence electrons. The molecule has 0 spiro atoms. The van der Waals surface area contributed by atoms with Gasteiger partial charge in [0.05, 0.1) is 0 Å². The molecule has 0 unspecified atom stereocenters. The Morgan fingerprint density at radius 2 is 1.87 bits per heavy atom. The van der Waals surface area contributed by atoms with Gasteiger partial charge in [0.15, 0.2) is 0 Å². The maximum absolute atomic E-state index is 11.7. The molecular weight excluding hydrogens is 318 g/mol. The first-order valence-electron chi connectivity index (χ1n) is 7.38. The third-order valence-electron chi connectivity index (χ3n) is 2.84. The van der Waals surface area contributed by atoms with Crippen molar-refractivity contribution < 1.29 is 14.3 Å². The van der Waals surface area contributed by atoms with E-state index in [4.69, 9.17) is 16.3 Å². The molecule has 1 aromatic carbocycles. The summed E-state index contributed by atoms with van der Waals surface area (Å²) in [7, 11) is 1.62. The second-order valence-corrected chi connectivity index (χ2v) is 6.51. The minimum Gasteiger partial charge on any atom is -0.444 e. The van der Waals surface area contributed by atoms with E-state index in [9.17, 15) is 9.59 Å². The minimum absolute atomic E-state index is 0.317. The molecule has 2 N–H and O–H groups in total. The first-order valence-corrected chi connectivity index (χ1v) is 7.76. The van der Waals surface area contributed by atoms with E-state index in [2.05, 4.69) is 10.6 Å². The number of nitrogens with zero attached hydrogens (tertiary/aromatic N) is 1. The van der Waals surface area contributed by atoms with Crippen molar-refractivity contribution in [1.82, 2.24) is 15.5 Å². The summed E-state index contributed by atoms with van der Waals surface area (Å²) >= 11 is 6.01. The van der Waals surface area contributed by atoms with Gasteiger partial charge in [-0.25, -0.2) is 9.59 Å². The molecule has 23 heavy (non-hydrogen) atoms. The van der Waals surface area contributed by atoms with Crippen LogP contribution in [0.25, 0.3) is 0 Å². The van der Waals surface area contributed by atoms with Crippen LogP contribution >= 0.6 is 11.6 Å². The zero-order chi connectivity index (χ0) is 17.5. The largest absolute Gasteiger partial charge is 0.444 e. The maximum Gasteiger partial charge on any atom is 0.410 e. The molecule has 3 amide bonds. The van der Waals surface area contributed by atoms with E-state index in [1.54, 1.807) is 33.9 Å². The fourth-order valence-electron chi connectivity index (χ4n) is 1.65. The molecule has 1 rings (SSSR count). The number of amides is 3. The van der Waals surface area contributed by atoms with E-state index in [1.165, 1.54) is 4.90 Å². The molecule has 6 nitrogen and oxygen atoms in total. The fourth-order valence-corrected chi connectivity index (χ4v) is 1.85. The number of nitrogens with one attached hydrogen (secondary N) is 2. The van der Waals surface area contributed by atoms with Crippen LogP contribution in [0.5, 0.6) is 0 Å². The molecule has 0 aromatic heterocycles. The number of carbonyl (C=O) groups excluding carboxylic acids is 2. The summed E-state index contributed by atoms with van der Waals surface area (Å²) in [6, 6.07) is 6.99. The Kier molecular flexibility index (Phi) is 7.16. The molecule has 0 aliphatic rings. The normalized spacial score (nSPS) is 10.8. The quantitative estimate of drug-likeness (QED) is 0.864. The van der Waals surface area contributed by atoms with E-state index < -0.39 is 11.7 Å². The zero-order valence-corrected chi connectivity index (χ0v) is 14.7. The van der Waals surface area contributed by atoms with Gasteiger partial charge in [-0.3, -0.25) is 0 Å². The van der Waals surface area contributed by atoms with Gasteiger partial charge in [0.1, 0.15) is 5.60 Å². The highest BCUT2D eigenvalue weighted by Crippen LogP contribution is 2.14. The molecule has 0 saturated carbocycles. The van der Waals surface area contributed by atoms with Crippen LogP contribution in [0.1, 0.15) is 26.3 Å². The highest BCUT2D eigenvalue weighted by Gasteiger charge is 2.19. The molecule has 0 bridgehead atoms. The number of hydrogen-bond acceptors (Lipinski definition) is 3. The lowest BCUT2D eigenvalue weighted by Gasteiger charge is -2.24. The fraction of sp³-hybridized carbons (Fsp3) is 0.500. The number of benzene rings is 1. The average Bonchev–Trinajstić information content (AvgIpc) is 2.44. The monoisotopic (exact) mass is 341 g/mol. The summed E-state index contributed by atoms with van der Waals surface area (Å²) in [6.07, 6.45) is -0.421. The predicted octanol–water partition coefficient (Wildman–Crippen LogP) is 3.01. The van der Waals surface area contributed by atoms with E-state index in [0.717, 1.165) is 5.56 Å². The summed E-state index contributed by atoms with van der Waals surface area (Å²) in [5.41, 5.74) is 0.306. The third kappa shape index (κ3) is 7.74. The number of hydrogen-bond donors (Lipinski definition) is 2. The Morgan fingerprint density at radius 1 is 1.22 bits per heavy atom. The van der Waals surface area contributed by atoms with Crippen molar-refractivity contribution in [3.63, 3.8) is 0 Å². The summed E-state index contributed by atoms with van der Waals surface area (Å²) < 4.78 is 5.22. The molecule has 0 aliphatic carbocycles. The Balaban J connectivity index is 2.26. The van der Waals surface area contributed by atoms with Gasteiger partial charge in [0.2, 0.25) is 0 Å². The smallest absolute Gasteiger partial charge is 0.410 e. The summed E-state index contributed by atoms with van der Waals surface area (Å²) in [5.74, 6) is 0. The molecule has 7 heteroatoms. The molecular formula is C16H24ClN3O3. The molecule has 0 aliphatic heterocycles. The van der Waals surface area contributed by atoms with Crippen LogP contribution in [0, 0.1) is 0 Å². The van der Waals surface area contributed by atoms with Crippen LogP contribution in [0.4, 0.5) is 9.59 Å². The first kappa shape index (κ1) is 19.1. The maximum atomic E-state index is 11.7. The number of halogens is 1. The van der Waals surface area contributed by atoms with Gasteiger partial charge < -0.3 is 20.3 Å². The summed E-state index contributed by atoms with van der Waals surface area (Å²) in [4.78, 5) is 24.9. The van der Waals surface area contributed by atoms with Crippen LogP contribution in [-0.2, 0) is 11.3 Å². The van der Waals surface area contributed by atoms with Gasteiger partial charge in [-0.2, -0.15) is 0 Å². The Morgan fingerprint density at radius 3 is 2.48 bits per heavy atom. The lowest BCUT2D eigenvalue weighted by atomic mass is 10.2. The van der Waals surface area contributed by atoms with Crippen molar-refractivity contribution in [3.8, 4) is 0 Å². The van der Waals surface area contributed by atoms with E-state index in [1.807, 2.05) is 18.2 Å². The predicted molar refractivity (Wildman–Crippen MR) is 90.6 cm³/mol. The third-order valence-corrected chi connectivity index (χ3v) is 3.20. The molecule has 0 fully saturated rings. The zero-order valence-electron chi connectivity index (χ0n) is 14.0. The highest BCUT2D eigenvalue weighted by molar-refractivity contribution is 6.31. The van der Waals surface area contributed by atoms with Crippen LogP contribution in [0.3, 0.4) is 0 Å². The van der Waals surface area contributed by atoms with Crippen LogP contribution in [-0.4, -0.2) is 42.8 Å². The molecule has 1 aromatic rings. The molecule has 0 radical (unpaired) electrons. The second kappa shape index (κ2) is 8.62. The first-order chi connectivity index (χ1) is 10.7. The number of ether oxygens (including phenoxy) is 1. The van der Waals surface area contributed by atoms with Gasteiger partial charge in [0, 0.05) is 31.7 Å². The number of rotatable bonds is 5. The van der Waals surface area contributed by atoms with Crippen LogP contribution < -0.4 is 10.6 Å². The van der Waals surface area contributed by atoms with Gasteiger partial charge >= 0.3 is 12.1 Å². The Hall–Kier alpha value is -1.95. The van der Waals surface area contributed by atoms with Crippen LogP contribution in [0.2, 0.25) is 5.02 Å². The SMILES string of the molecule is CN(CCNC(=O)NCc1ccccc1Cl)C(=O)OC(C)(C)C. The van der Waals surface area contributed by atoms with Gasteiger partial charge in [-0.1, -0.05) is 29.8 Å². The lowest BCUT2D eigenvalue weighted by Crippen LogP contribution is -2.42. The number of likely N-dealkylation sites (N-methyl/N-ethyl adjacent to an activating group) is 1. The van der Waals surface area contributed by atoms with Crippen LogP contribution in [0.15, 0.2) is 24.3 Å². The lowest BCUT2D eigenvalue weighted by molar-refractivity contribution is 0.0301. The van der Waals surface area contributed by atoms with E-state index in [-0.39, 0.29) is 6.03 Å². The Labute approximate surface area is 142 Å². The van der Waals surface area contributed by atoms with Gasteiger partial charge in [0.25, 0.3) is 0 Å². The standard InChI is InChI=1S/C16H24ClN3O3/c1-16(2,3)23-15(22)20(4)10-9-18-14(21)19-11-12-7-5-6-8-13(12)17/h5-8H,9-11H2,1-4H3,(H2,18,19,21). The van der Waals surface area contributed by atoms with Crippen molar-refractivity contribution in [2.24, 2.45) is 0 Å². The summed E-state index contributed by atoms with van der Waals surface area (Å²) in [6.45, 7) is 6.43. The summed E-state index contributed by atoms with van der Waals surface area (Å²) in [5, 5.41) is 6.00. The number of carbonyl (C=O) groups is 2. The molecule has 0 heterocycles. The van der Waals surface area contributed by atoms with Crippen molar-refractivity contribution in [1.29, 1.82) is 0 Å². The van der Waals surface area contributed by atoms with Gasteiger partial charge in [-0.15, -0.1) is 0 Å². The molecule has 0 saturated heterocycles. The van der Waals surface area contributed by atoms with Crippen molar-refractivity contribution in [2.75, 3.05) is 20.1 Å². The Bertz CT molecular complexity index is 544. The van der Waals surface area contributed by atoms with E-state index in [0.29, 0.717) is 24.7 Å². The number of urea groups is 1. The highest BCUT2D eigenvalue weighted by atomic mass is 35.5. The van der Waals surface area contributed by atoms with Crippen molar-refractivity contribution in [3.05, 3.63) is 34.9 Å².